The summed E-state index contributed by atoms with van der Waals surface area (Å²) in [4.78, 5) is 26.4. The van der Waals surface area contributed by atoms with E-state index in [0.717, 1.165) is 41.5 Å². The molecule has 4 rings (SSSR count). The van der Waals surface area contributed by atoms with Gasteiger partial charge in [-0.25, -0.2) is 4.79 Å². The topological polar surface area (TPSA) is 116 Å². The summed E-state index contributed by atoms with van der Waals surface area (Å²) in [6, 6.07) is 21.1. The summed E-state index contributed by atoms with van der Waals surface area (Å²) < 4.78 is 0. The number of benzene rings is 3. The van der Waals surface area contributed by atoms with Gasteiger partial charge in [-0.2, -0.15) is 0 Å². The molecule has 0 bridgehead atoms. The van der Waals surface area contributed by atoms with Crippen molar-refractivity contribution < 1.29 is 19.8 Å². The molecule has 0 unspecified atom stereocenters. The van der Waals surface area contributed by atoms with E-state index in [1.807, 2.05) is 78.6 Å². The molecule has 1 saturated heterocycles. The maximum Gasteiger partial charge on any atom is 0.404 e. The number of amides is 2. The van der Waals surface area contributed by atoms with Gasteiger partial charge in [-0.15, -0.1) is 0 Å². The Kier molecular flexibility index (Phi) is 9.85. The van der Waals surface area contributed by atoms with E-state index in [2.05, 4.69) is 5.32 Å². The Labute approximate surface area is 241 Å². The Morgan fingerprint density at radius 3 is 2.58 bits per heavy atom. The number of carboxylic acid groups (broad SMARTS) is 1. The molecule has 0 radical (unpaired) electrons. The van der Waals surface area contributed by atoms with E-state index >= 15 is 0 Å². The molecule has 0 aliphatic carbocycles. The summed E-state index contributed by atoms with van der Waals surface area (Å²) in [5, 5.41) is 24.6. The molecule has 1 aliphatic heterocycles. The Morgan fingerprint density at radius 2 is 1.88 bits per heavy atom. The molecule has 8 heteroatoms. The van der Waals surface area contributed by atoms with Gasteiger partial charge in [0.05, 0.1) is 5.60 Å². The van der Waals surface area contributed by atoms with Crippen LogP contribution in [0.15, 0.2) is 66.7 Å². The average Bonchev–Trinajstić information content (AvgIpc) is 2.95. The fourth-order valence-electron chi connectivity index (χ4n) is 5.81. The third-order valence-corrected chi connectivity index (χ3v) is 8.13. The van der Waals surface area contributed by atoms with Crippen molar-refractivity contribution in [2.45, 2.75) is 44.6 Å². The number of likely N-dealkylation sites (tertiary alicyclic amines) is 1. The highest BCUT2D eigenvalue weighted by Gasteiger charge is 2.43. The second-order valence-corrected chi connectivity index (χ2v) is 11.0. The van der Waals surface area contributed by atoms with Gasteiger partial charge >= 0.3 is 6.09 Å². The Bertz CT molecular complexity index is 1330. The molecule has 0 aromatic heterocycles. The lowest BCUT2D eigenvalue weighted by Crippen LogP contribution is -2.48. The van der Waals surface area contributed by atoms with E-state index in [4.69, 9.17) is 22.4 Å². The van der Waals surface area contributed by atoms with Gasteiger partial charge in [0.25, 0.3) is 5.91 Å². The quantitative estimate of drug-likeness (QED) is 0.239. The highest BCUT2D eigenvalue weighted by atomic mass is 35.5. The van der Waals surface area contributed by atoms with E-state index in [-0.39, 0.29) is 18.4 Å². The van der Waals surface area contributed by atoms with Crippen molar-refractivity contribution in [1.82, 2.24) is 10.2 Å². The van der Waals surface area contributed by atoms with Crippen LogP contribution in [0.1, 0.15) is 52.7 Å². The number of aliphatic hydroxyl groups is 1. The van der Waals surface area contributed by atoms with Crippen LogP contribution in [0.3, 0.4) is 0 Å². The number of hydrogen-bond donors (Lipinski definition) is 4. The summed E-state index contributed by atoms with van der Waals surface area (Å²) in [5.74, 6) is -0.336. The Balaban J connectivity index is 1.68. The van der Waals surface area contributed by atoms with Crippen LogP contribution in [0.5, 0.6) is 0 Å². The van der Waals surface area contributed by atoms with Gasteiger partial charge in [0, 0.05) is 41.7 Å². The van der Waals surface area contributed by atoms with E-state index < -0.39 is 11.7 Å². The van der Waals surface area contributed by atoms with Gasteiger partial charge in [0.15, 0.2) is 0 Å². The largest absolute Gasteiger partial charge is 0.465 e. The summed E-state index contributed by atoms with van der Waals surface area (Å²) in [6.45, 7) is 3.76. The molecule has 1 heterocycles. The van der Waals surface area contributed by atoms with Crippen molar-refractivity contribution in [3.63, 3.8) is 0 Å². The molecule has 7 nitrogen and oxygen atoms in total. The minimum Gasteiger partial charge on any atom is -0.465 e. The minimum absolute atomic E-state index is 0.0658. The second-order valence-electron chi connectivity index (χ2n) is 10.6. The number of rotatable bonds is 10. The zero-order valence-corrected chi connectivity index (χ0v) is 23.7. The Hall–Kier alpha value is -3.39. The monoisotopic (exact) mass is 563 g/mol. The molecule has 3 aromatic carbocycles. The van der Waals surface area contributed by atoms with Crippen LogP contribution >= 0.6 is 11.6 Å². The molecule has 1 fully saturated rings. The number of carbonyl (C=O) groups is 2. The molecular formula is C32H38ClN3O4. The number of halogens is 1. The zero-order valence-electron chi connectivity index (χ0n) is 22.9. The van der Waals surface area contributed by atoms with E-state index in [0.29, 0.717) is 48.6 Å². The van der Waals surface area contributed by atoms with Crippen LogP contribution in [0.4, 0.5) is 4.79 Å². The molecule has 5 N–H and O–H groups in total. The van der Waals surface area contributed by atoms with Crippen molar-refractivity contribution in [2.24, 2.45) is 11.7 Å². The lowest BCUT2D eigenvalue weighted by molar-refractivity contribution is -0.0563. The summed E-state index contributed by atoms with van der Waals surface area (Å²) in [6.07, 6.45) is 1.87. The number of nitrogens with two attached hydrogens (primary N) is 1. The van der Waals surface area contributed by atoms with Crippen molar-refractivity contribution in [1.29, 1.82) is 0 Å². The maximum absolute atomic E-state index is 13.5. The van der Waals surface area contributed by atoms with Crippen molar-refractivity contribution in [3.05, 3.63) is 94.0 Å². The van der Waals surface area contributed by atoms with Crippen molar-refractivity contribution in [2.75, 3.05) is 26.2 Å². The van der Waals surface area contributed by atoms with E-state index in [9.17, 15) is 14.7 Å². The van der Waals surface area contributed by atoms with Crippen LogP contribution in [-0.4, -0.2) is 53.3 Å². The number of carbonyl (C=O) groups excluding carboxylic acids is 1. The van der Waals surface area contributed by atoms with E-state index in [1.54, 1.807) is 0 Å². The third-order valence-electron chi connectivity index (χ3n) is 7.82. The molecule has 212 valence electrons. The van der Waals surface area contributed by atoms with E-state index in [1.165, 1.54) is 0 Å². The summed E-state index contributed by atoms with van der Waals surface area (Å²) in [7, 11) is 0. The van der Waals surface area contributed by atoms with Crippen LogP contribution in [0.25, 0.3) is 11.1 Å². The van der Waals surface area contributed by atoms with Crippen molar-refractivity contribution in [3.8, 4) is 11.1 Å². The smallest absolute Gasteiger partial charge is 0.404 e. The van der Waals surface area contributed by atoms with Gasteiger partial charge < -0.3 is 26.2 Å². The van der Waals surface area contributed by atoms with Crippen molar-refractivity contribution >= 4 is 23.6 Å². The van der Waals surface area contributed by atoms with Gasteiger partial charge in [-0.3, -0.25) is 4.79 Å². The van der Waals surface area contributed by atoms with Gasteiger partial charge in [-0.05, 0) is 80.5 Å². The van der Waals surface area contributed by atoms with Crippen LogP contribution in [0, 0.1) is 12.8 Å². The summed E-state index contributed by atoms with van der Waals surface area (Å²) >= 11 is 6.78. The molecule has 2 amide bonds. The molecule has 1 aliphatic rings. The standard InChI is InChI=1S/C32H38ClN3O4/c1-22-6-2-7-25(20-22)29-27(9-3-10-28(29)33)32(40,16-5-18-35-31(38)39)26-8-4-19-36(21-26)30(37)24-13-11-23(12-14-24)15-17-34/h2-3,6-7,9-14,20,26,35,40H,4-5,8,15-19,21,34H2,1H3,(H,38,39)/t26-,32+/m1/s1. The first kappa shape index (κ1) is 29.6. The molecule has 40 heavy (non-hydrogen) atoms. The lowest BCUT2D eigenvalue weighted by atomic mass is 9.72. The first-order valence-electron chi connectivity index (χ1n) is 13.9. The zero-order chi connectivity index (χ0) is 28.7. The number of nitrogens with one attached hydrogen (secondary N) is 1. The molecule has 0 spiro atoms. The van der Waals surface area contributed by atoms with Crippen LogP contribution in [-0.2, 0) is 12.0 Å². The maximum atomic E-state index is 13.5. The predicted molar refractivity (Wildman–Crippen MR) is 159 cm³/mol. The Morgan fingerprint density at radius 1 is 1.12 bits per heavy atom. The van der Waals surface area contributed by atoms with Gasteiger partial charge in [-0.1, -0.05) is 65.7 Å². The van der Waals surface area contributed by atoms with Gasteiger partial charge in [0.2, 0.25) is 0 Å². The third kappa shape index (κ3) is 6.84. The molecule has 2 atom stereocenters. The number of piperidine rings is 1. The fourth-order valence-corrected chi connectivity index (χ4v) is 6.09. The van der Waals surface area contributed by atoms with Crippen LogP contribution < -0.4 is 11.1 Å². The highest BCUT2D eigenvalue weighted by Crippen LogP contribution is 2.45. The SMILES string of the molecule is Cc1cccc(-c2c(Cl)cccc2[C@](O)(CCCNC(=O)O)[C@@H]2CCCN(C(=O)c3ccc(CCN)cc3)C2)c1. The lowest BCUT2D eigenvalue weighted by Gasteiger charge is -2.44. The first-order chi connectivity index (χ1) is 19.2. The molecule has 3 aromatic rings. The number of aryl methyl sites for hydroxylation is 1. The predicted octanol–water partition coefficient (Wildman–Crippen LogP) is 5.60. The van der Waals surface area contributed by atoms with Gasteiger partial charge in [0.1, 0.15) is 0 Å². The normalized spacial score (nSPS) is 16.8. The second kappa shape index (κ2) is 13.3. The number of hydrogen-bond acceptors (Lipinski definition) is 4. The molecular weight excluding hydrogens is 526 g/mol. The first-order valence-corrected chi connectivity index (χ1v) is 14.2. The number of nitrogens with zero attached hydrogens (tertiary/aromatic N) is 1. The average molecular weight is 564 g/mol. The summed E-state index contributed by atoms with van der Waals surface area (Å²) in [5.41, 5.74) is 9.46. The van der Waals surface area contributed by atoms with Crippen LogP contribution in [0.2, 0.25) is 5.02 Å². The highest BCUT2D eigenvalue weighted by molar-refractivity contribution is 6.33. The molecule has 0 saturated carbocycles. The fraction of sp³-hybridized carbons (Fsp3) is 0.375. The minimum atomic E-state index is -1.34.